The van der Waals surface area contributed by atoms with E-state index in [1.807, 2.05) is 22.5 Å². The van der Waals surface area contributed by atoms with E-state index in [4.69, 9.17) is 4.74 Å². The molecule has 1 fully saturated rings. The predicted molar refractivity (Wildman–Crippen MR) is 104 cm³/mol. The third kappa shape index (κ3) is 2.95. The van der Waals surface area contributed by atoms with Crippen LogP contribution in [-0.4, -0.2) is 46.0 Å². The topological polar surface area (TPSA) is 84.4 Å². The van der Waals surface area contributed by atoms with Crippen molar-refractivity contribution in [1.29, 1.82) is 0 Å². The number of nitrogens with zero attached hydrogens (tertiary/aromatic N) is 2. The minimum Gasteiger partial charge on any atom is -0.461 e. The van der Waals surface area contributed by atoms with Crippen molar-refractivity contribution in [2.45, 2.75) is 39.7 Å². The molecular weight excluding hydrogens is 358 g/mol. The molecule has 0 radical (unpaired) electrons. The second-order valence-corrected chi connectivity index (χ2v) is 7.75. The lowest BCUT2D eigenvalue weighted by Crippen LogP contribution is -2.49. The number of fused-ring (bicyclic) bond motifs is 4. The lowest BCUT2D eigenvalue weighted by atomic mass is 9.83. The molecule has 2 atom stereocenters. The van der Waals surface area contributed by atoms with Crippen LogP contribution in [-0.2, 0) is 11.3 Å². The molecule has 1 N–H and O–H groups in total. The lowest BCUT2D eigenvalue weighted by molar-refractivity contribution is 0.0519. The summed E-state index contributed by atoms with van der Waals surface area (Å²) >= 11 is 0. The highest BCUT2D eigenvalue weighted by atomic mass is 16.5. The van der Waals surface area contributed by atoms with Gasteiger partial charge in [0.1, 0.15) is 5.69 Å². The molecule has 2 unspecified atom stereocenters. The molecule has 0 aromatic carbocycles. The number of esters is 1. The highest BCUT2D eigenvalue weighted by molar-refractivity contribution is 6.01. The number of aromatic nitrogens is 2. The second kappa shape index (κ2) is 6.96. The van der Waals surface area contributed by atoms with Crippen LogP contribution in [0, 0.1) is 19.8 Å². The summed E-state index contributed by atoms with van der Waals surface area (Å²) < 4.78 is 6.94. The molecule has 7 nitrogen and oxygen atoms in total. The second-order valence-electron chi connectivity index (χ2n) is 7.75. The Morgan fingerprint density at radius 3 is 2.75 bits per heavy atom. The molecule has 28 heavy (non-hydrogen) atoms. The molecule has 1 amide bonds. The summed E-state index contributed by atoms with van der Waals surface area (Å²) in [6.07, 6.45) is 0.992. The fourth-order valence-corrected chi connectivity index (χ4v) is 4.70. The normalized spacial score (nSPS) is 20.6. The van der Waals surface area contributed by atoms with Crippen LogP contribution >= 0.6 is 0 Å². The van der Waals surface area contributed by atoms with E-state index < -0.39 is 5.97 Å². The zero-order valence-corrected chi connectivity index (χ0v) is 16.4. The Kier molecular flexibility index (Phi) is 4.61. The average molecular weight is 383 g/mol. The van der Waals surface area contributed by atoms with Crippen molar-refractivity contribution in [2.24, 2.45) is 5.92 Å². The number of piperidine rings is 1. The summed E-state index contributed by atoms with van der Waals surface area (Å²) in [5, 5.41) is 0. The average Bonchev–Trinajstić information content (AvgIpc) is 2.96. The van der Waals surface area contributed by atoms with Gasteiger partial charge >= 0.3 is 5.97 Å². The molecule has 2 aromatic heterocycles. The van der Waals surface area contributed by atoms with Crippen molar-refractivity contribution < 1.29 is 14.3 Å². The first-order chi connectivity index (χ1) is 13.4. The Morgan fingerprint density at radius 2 is 2.00 bits per heavy atom. The van der Waals surface area contributed by atoms with E-state index in [9.17, 15) is 14.4 Å². The maximum atomic E-state index is 13.3. The molecule has 2 aliphatic heterocycles. The van der Waals surface area contributed by atoms with Gasteiger partial charge in [0.15, 0.2) is 0 Å². The van der Waals surface area contributed by atoms with Crippen molar-refractivity contribution in [1.82, 2.24) is 14.5 Å². The van der Waals surface area contributed by atoms with Crippen molar-refractivity contribution in [3.8, 4) is 0 Å². The van der Waals surface area contributed by atoms with E-state index in [0.29, 0.717) is 42.1 Å². The first kappa shape index (κ1) is 18.5. The number of likely N-dealkylation sites (tertiary alicyclic amines) is 1. The third-order valence-corrected chi connectivity index (χ3v) is 5.90. The number of hydrogen-bond acceptors (Lipinski definition) is 4. The van der Waals surface area contributed by atoms with E-state index in [1.54, 1.807) is 26.0 Å². The first-order valence-corrected chi connectivity index (χ1v) is 9.76. The van der Waals surface area contributed by atoms with Gasteiger partial charge in [-0.25, -0.2) is 4.79 Å². The summed E-state index contributed by atoms with van der Waals surface area (Å²) in [4.78, 5) is 42.6. The number of hydrogen-bond donors (Lipinski definition) is 1. The van der Waals surface area contributed by atoms with Crippen LogP contribution in [0.15, 0.2) is 23.0 Å². The highest BCUT2D eigenvalue weighted by Crippen LogP contribution is 2.36. The fraction of sp³-hybridized carbons (Fsp3) is 0.476. The highest BCUT2D eigenvalue weighted by Gasteiger charge is 2.37. The number of H-pyrrole nitrogens is 1. The molecule has 1 saturated heterocycles. The molecule has 2 aliphatic rings. The SMILES string of the molecule is CCOC(=O)c1[nH]c(C)c(C(=O)N2CC3CC(C2)c2cccc(=O)n2C3)c1C. The molecule has 7 heteroatoms. The van der Waals surface area contributed by atoms with Gasteiger partial charge in [-0.15, -0.1) is 0 Å². The zero-order chi connectivity index (χ0) is 20.0. The Labute approximate surface area is 163 Å². The molecule has 4 rings (SSSR count). The lowest BCUT2D eigenvalue weighted by Gasteiger charge is -2.42. The summed E-state index contributed by atoms with van der Waals surface area (Å²) in [6, 6.07) is 5.38. The van der Waals surface area contributed by atoms with Crippen LogP contribution in [0.25, 0.3) is 0 Å². The van der Waals surface area contributed by atoms with Gasteiger partial charge in [0.25, 0.3) is 11.5 Å². The van der Waals surface area contributed by atoms with E-state index >= 15 is 0 Å². The maximum absolute atomic E-state index is 13.3. The molecule has 0 spiro atoms. The fourth-order valence-electron chi connectivity index (χ4n) is 4.70. The van der Waals surface area contributed by atoms with E-state index in [2.05, 4.69) is 4.98 Å². The summed E-state index contributed by atoms with van der Waals surface area (Å²) in [7, 11) is 0. The van der Waals surface area contributed by atoms with Gasteiger partial charge in [0.2, 0.25) is 0 Å². The van der Waals surface area contributed by atoms with Gasteiger partial charge in [0.05, 0.1) is 12.2 Å². The summed E-state index contributed by atoms with van der Waals surface area (Å²) in [5.41, 5.74) is 3.25. The van der Waals surface area contributed by atoms with Crippen LogP contribution in [0.2, 0.25) is 0 Å². The summed E-state index contributed by atoms with van der Waals surface area (Å²) in [6.45, 7) is 7.48. The number of carbonyl (C=O) groups excluding carboxylic acids is 2. The molecule has 0 saturated carbocycles. The quantitative estimate of drug-likeness (QED) is 0.824. The largest absolute Gasteiger partial charge is 0.461 e. The standard InChI is InChI=1S/C21H25N3O4/c1-4-28-21(27)19-12(2)18(13(3)22-19)20(26)23-9-14-8-15(11-23)16-6-5-7-17(25)24(16)10-14/h5-7,14-15,22H,4,8-11H2,1-3H3. The van der Waals surface area contributed by atoms with Gasteiger partial charge in [-0.05, 0) is 44.7 Å². The van der Waals surface area contributed by atoms with Crippen LogP contribution in [0.4, 0.5) is 0 Å². The molecule has 148 valence electrons. The number of nitrogens with one attached hydrogen (secondary N) is 1. The van der Waals surface area contributed by atoms with E-state index in [-0.39, 0.29) is 29.9 Å². The van der Waals surface area contributed by atoms with Gasteiger partial charge in [0, 0.05) is 43.0 Å². The molecular formula is C21H25N3O4. The zero-order valence-electron chi connectivity index (χ0n) is 16.4. The Bertz CT molecular complexity index is 1000. The van der Waals surface area contributed by atoms with Gasteiger partial charge in [-0.3, -0.25) is 9.59 Å². The number of pyridine rings is 1. The number of amides is 1. The Hall–Kier alpha value is -2.83. The van der Waals surface area contributed by atoms with Crippen molar-refractivity contribution in [2.75, 3.05) is 19.7 Å². The van der Waals surface area contributed by atoms with Crippen LogP contribution in [0.3, 0.4) is 0 Å². The molecule has 0 aliphatic carbocycles. The van der Waals surface area contributed by atoms with Gasteiger partial charge in [-0.1, -0.05) is 6.07 Å². The van der Waals surface area contributed by atoms with Crippen LogP contribution in [0.1, 0.15) is 57.1 Å². The maximum Gasteiger partial charge on any atom is 0.355 e. The van der Waals surface area contributed by atoms with E-state index in [0.717, 1.165) is 12.1 Å². The third-order valence-electron chi connectivity index (χ3n) is 5.90. The van der Waals surface area contributed by atoms with Crippen molar-refractivity contribution in [3.05, 3.63) is 56.8 Å². The molecule has 2 aromatic rings. The number of aromatic amines is 1. The van der Waals surface area contributed by atoms with Crippen LogP contribution < -0.4 is 5.56 Å². The minimum absolute atomic E-state index is 0.0309. The summed E-state index contributed by atoms with van der Waals surface area (Å²) in [5.74, 6) is -0.0806. The monoisotopic (exact) mass is 383 g/mol. The number of carbonyl (C=O) groups is 2. The van der Waals surface area contributed by atoms with Crippen LogP contribution in [0.5, 0.6) is 0 Å². The molecule has 4 heterocycles. The van der Waals surface area contributed by atoms with Gasteiger partial charge in [-0.2, -0.15) is 0 Å². The number of rotatable bonds is 3. The predicted octanol–water partition coefficient (Wildman–Crippen LogP) is 2.23. The number of ether oxygens (including phenoxy) is 1. The Balaban J connectivity index is 1.63. The van der Waals surface area contributed by atoms with Gasteiger partial charge < -0.3 is 19.2 Å². The minimum atomic E-state index is -0.439. The van der Waals surface area contributed by atoms with E-state index in [1.165, 1.54) is 0 Å². The Morgan fingerprint density at radius 1 is 1.21 bits per heavy atom. The molecule has 2 bridgehead atoms. The van der Waals surface area contributed by atoms with Crippen molar-refractivity contribution in [3.63, 3.8) is 0 Å². The van der Waals surface area contributed by atoms with Crippen molar-refractivity contribution >= 4 is 11.9 Å². The smallest absolute Gasteiger partial charge is 0.355 e. The number of aryl methyl sites for hydroxylation is 1. The first-order valence-electron chi connectivity index (χ1n) is 9.76.